The van der Waals surface area contributed by atoms with E-state index in [1.807, 2.05) is 0 Å². The Hall–Kier alpha value is -0.0800. The van der Waals surface area contributed by atoms with Gasteiger partial charge in [-0.2, -0.15) is 0 Å². The van der Waals surface area contributed by atoms with Crippen molar-refractivity contribution >= 4 is 0 Å². The summed E-state index contributed by atoms with van der Waals surface area (Å²) in [4.78, 5) is 2.56. The van der Waals surface area contributed by atoms with Gasteiger partial charge in [0.2, 0.25) is 0 Å². The fourth-order valence-electron chi connectivity index (χ4n) is 3.13. The summed E-state index contributed by atoms with van der Waals surface area (Å²) < 4.78 is 0. The molecule has 1 heterocycles. The van der Waals surface area contributed by atoms with Crippen molar-refractivity contribution in [3.63, 3.8) is 0 Å². The van der Waals surface area contributed by atoms with E-state index in [2.05, 4.69) is 11.8 Å². The van der Waals surface area contributed by atoms with E-state index in [-0.39, 0.29) is 6.10 Å². The van der Waals surface area contributed by atoms with Crippen LogP contribution in [0.15, 0.2) is 0 Å². The molecule has 2 heteroatoms. The highest BCUT2D eigenvalue weighted by Gasteiger charge is 2.29. The smallest absolute Gasteiger partial charge is 0.0695 e. The van der Waals surface area contributed by atoms with Crippen molar-refractivity contribution in [2.45, 2.75) is 64.0 Å². The Morgan fingerprint density at radius 1 is 0.933 bits per heavy atom. The molecule has 0 spiro atoms. The molecule has 0 radical (unpaired) electrons. The summed E-state index contributed by atoms with van der Waals surface area (Å²) in [6.45, 7) is 4.79. The predicted molar refractivity (Wildman–Crippen MR) is 62.9 cm³/mol. The third-order valence-electron chi connectivity index (χ3n) is 4.21. The second-order valence-electron chi connectivity index (χ2n) is 5.49. The van der Waals surface area contributed by atoms with E-state index in [0.717, 1.165) is 12.3 Å². The highest BCUT2D eigenvalue weighted by atomic mass is 16.3. The van der Waals surface area contributed by atoms with Crippen molar-refractivity contribution in [2.24, 2.45) is 5.92 Å². The summed E-state index contributed by atoms with van der Waals surface area (Å²) in [7, 11) is 0. The molecule has 88 valence electrons. The Morgan fingerprint density at radius 3 is 2.53 bits per heavy atom. The van der Waals surface area contributed by atoms with Crippen molar-refractivity contribution in [1.82, 2.24) is 4.90 Å². The van der Waals surface area contributed by atoms with E-state index in [0.29, 0.717) is 6.04 Å². The number of hydrogen-bond acceptors (Lipinski definition) is 2. The monoisotopic (exact) mass is 211 g/mol. The molecule has 0 bridgehead atoms. The van der Waals surface area contributed by atoms with Crippen LogP contribution >= 0.6 is 0 Å². The molecule has 0 aromatic heterocycles. The van der Waals surface area contributed by atoms with Gasteiger partial charge < -0.3 is 5.11 Å². The minimum Gasteiger partial charge on any atom is -0.391 e. The number of nitrogens with zero attached hydrogens (tertiary/aromatic N) is 1. The molecule has 1 aliphatic carbocycles. The lowest BCUT2D eigenvalue weighted by molar-refractivity contribution is 0.0210. The highest BCUT2D eigenvalue weighted by molar-refractivity contribution is 4.84. The molecule has 2 fully saturated rings. The zero-order valence-electron chi connectivity index (χ0n) is 9.99. The summed E-state index contributed by atoms with van der Waals surface area (Å²) >= 11 is 0. The van der Waals surface area contributed by atoms with E-state index in [1.165, 1.54) is 51.6 Å². The van der Waals surface area contributed by atoms with Crippen LogP contribution in [0.5, 0.6) is 0 Å². The minimum atomic E-state index is -0.0489. The fraction of sp³-hybridized carbons (Fsp3) is 1.00. The largest absolute Gasteiger partial charge is 0.391 e. The summed E-state index contributed by atoms with van der Waals surface area (Å²) in [6, 6.07) is 0.476. The van der Waals surface area contributed by atoms with Crippen LogP contribution in [-0.4, -0.2) is 35.2 Å². The lowest BCUT2D eigenvalue weighted by Crippen LogP contribution is -2.45. The van der Waals surface area contributed by atoms with E-state index in [4.69, 9.17) is 0 Å². The fourth-order valence-corrected chi connectivity index (χ4v) is 3.13. The molecular weight excluding hydrogens is 186 g/mol. The molecule has 2 nitrogen and oxygen atoms in total. The van der Waals surface area contributed by atoms with Crippen LogP contribution in [0.25, 0.3) is 0 Å². The molecule has 0 aromatic rings. The molecule has 1 N–H and O–H groups in total. The lowest BCUT2D eigenvalue weighted by atomic mass is 9.91. The third kappa shape index (κ3) is 2.94. The summed E-state index contributed by atoms with van der Waals surface area (Å²) in [6.07, 6.45) is 8.75. The van der Waals surface area contributed by atoms with Gasteiger partial charge in [-0.15, -0.1) is 0 Å². The highest BCUT2D eigenvalue weighted by Crippen LogP contribution is 2.26. The molecule has 2 aliphatic rings. The van der Waals surface area contributed by atoms with Crippen LogP contribution in [0.2, 0.25) is 0 Å². The van der Waals surface area contributed by atoms with Gasteiger partial charge in [-0.1, -0.05) is 19.8 Å². The van der Waals surface area contributed by atoms with Gasteiger partial charge in [-0.3, -0.25) is 4.90 Å². The Labute approximate surface area is 93.7 Å². The lowest BCUT2D eigenvalue weighted by Gasteiger charge is -2.37. The Morgan fingerprint density at radius 2 is 1.73 bits per heavy atom. The first kappa shape index (κ1) is 11.4. The molecule has 3 atom stereocenters. The molecule has 0 amide bonds. The standard InChI is InChI=1S/C13H25NO/c1-11-5-4-9-14(10-8-11)12-6-2-3-7-13(12)15/h11-13,15H,2-10H2,1H3/t11?,12-,13-/m0/s1. The number of likely N-dealkylation sites (tertiary alicyclic amines) is 1. The first-order valence-electron chi connectivity index (χ1n) is 6.69. The minimum absolute atomic E-state index is 0.0489. The quantitative estimate of drug-likeness (QED) is 0.720. The van der Waals surface area contributed by atoms with E-state index < -0.39 is 0 Å². The summed E-state index contributed by atoms with van der Waals surface area (Å²) in [5.41, 5.74) is 0. The van der Waals surface area contributed by atoms with Gasteiger partial charge in [0.15, 0.2) is 0 Å². The first-order valence-corrected chi connectivity index (χ1v) is 6.69. The van der Waals surface area contributed by atoms with Crippen molar-refractivity contribution in [3.05, 3.63) is 0 Å². The molecule has 1 unspecified atom stereocenters. The topological polar surface area (TPSA) is 23.5 Å². The van der Waals surface area contributed by atoms with Gasteiger partial charge in [0.05, 0.1) is 6.10 Å². The van der Waals surface area contributed by atoms with Crippen molar-refractivity contribution in [2.75, 3.05) is 13.1 Å². The van der Waals surface area contributed by atoms with Gasteiger partial charge in [-0.25, -0.2) is 0 Å². The predicted octanol–water partition coefficient (Wildman–Crippen LogP) is 2.41. The SMILES string of the molecule is CC1CCCN([C@H]2CCCC[C@@H]2O)CC1. The maximum absolute atomic E-state index is 10.0. The molecule has 2 rings (SSSR count). The zero-order valence-corrected chi connectivity index (χ0v) is 9.99. The number of rotatable bonds is 1. The van der Waals surface area contributed by atoms with Crippen LogP contribution < -0.4 is 0 Å². The Balaban J connectivity index is 1.90. The summed E-state index contributed by atoms with van der Waals surface area (Å²) in [5, 5.41) is 10.0. The number of hydrogen-bond donors (Lipinski definition) is 1. The van der Waals surface area contributed by atoms with E-state index >= 15 is 0 Å². The van der Waals surface area contributed by atoms with Crippen LogP contribution in [0, 0.1) is 5.92 Å². The second kappa shape index (κ2) is 5.31. The molecular formula is C13H25NO. The average molecular weight is 211 g/mol. The van der Waals surface area contributed by atoms with E-state index in [1.54, 1.807) is 0 Å². The van der Waals surface area contributed by atoms with Gasteiger partial charge in [0.1, 0.15) is 0 Å². The van der Waals surface area contributed by atoms with E-state index in [9.17, 15) is 5.11 Å². The second-order valence-corrected chi connectivity index (χ2v) is 5.49. The van der Waals surface area contributed by atoms with Crippen molar-refractivity contribution in [3.8, 4) is 0 Å². The number of aliphatic hydroxyl groups is 1. The van der Waals surface area contributed by atoms with Crippen molar-refractivity contribution < 1.29 is 5.11 Å². The molecule has 15 heavy (non-hydrogen) atoms. The van der Waals surface area contributed by atoms with Gasteiger partial charge in [0.25, 0.3) is 0 Å². The van der Waals surface area contributed by atoms with Crippen molar-refractivity contribution in [1.29, 1.82) is 0 Å². The first-order chi connectivity index (χ1) is 7.27. The van der Waals surface area contributed by atoms with Gasteiger partial charge in [0, 0.05) is 6.04 Å². The normalized spacial score (nSPS) is 40.0. The molecule has 0 aromatic carbocycles. The Bertz CT molecular complexity index is 195. The van der Waals surface area contributed by atoms with Gasteiger partial charge >= 0.3 is 0 Å². The maximum Gasteiger partial charge on any atom is 0.0695 e. The average Bonchev–Trinajstić information content (AvgIpc) is 2.44. The van der Waals surface area contributed by atoms with Crippen LogP contribution in [0.4, 0.5) is 0 Å². The third-order valence-corrected chi connectivity index (χ3v) is 4.21. The molecule has 1 saturated heterocycles. The Kier molecular flexibility index (Phi) is 4.04. The van der Waals surface area contributed by atoms with Crippen LogP contribution in [0.3, 0.4) is 0 Å². The number of aliphatic hydroxyl groups excluding tert-OH is 1. The van der Waals surface area contributed by atoms with Gasteiger partial charge in [-0.05, 0) is 51.1 Å². The maximum atomic E-state index is 10.0. The van der Waals surface area contributed by atoms with Crippen LogP contribution in [-0.2, 0) is 0 Å². The zero-order chi connectivity index (χ0) is 10.7. The molecule has 1 aliphatic heterocycles. The molecule has 1 saturated carbocycles. The van der Waals surface area contributed by atoms with Crippen LogP contribution in [0.1, 0.15) is 51.9 Å². The summed E-state index contributed by atoms with van der Waals surface area (Å²) in [5.74, 6) is 0.885.